The second-order valence-corrected chi connectivity index (χ2v) is 16.6. The minimum atomic E-state index is -1.60. The van der Waals surface area contributed by atoms with Crippen LogP contribution in [0.1, 0.15) is 206 Å². The maximum Gasteiger partial charge on any atom is 0.306 e. The van der Waals surface area contributed by atoms with E-state index in [-0.39, 0.29) is 32.0 Å². The third-order valence-electron chi connectivity index (χ3n) is 11.0. The number of aliphatic hydroxyl groups excluding tert-OH is 4. The van der Waals surface area contributed by atoms with Gasteiger partial charge in [0.25, 0.3) is 0 Å². The predicted molar refractivity (Wildman–Crippen MR) is 238 cm³/mol. The Balaban J connectivity index is 2.31. The minimum Gasteiger partial charge on any atom is -0.462 e. The van der Waals surface area contributed by atoms with Gasteiger partial charge in [-0.1, -0.05) is 159 Å². The molecule has 6 atom stereocenters. The van der Waals surface area contributed by atoms with Crippen LogP contribution in [-0.2, 0) is 28.5 Å². The highest BCUT2D eigenvalue weighted by Crippen LogP contribution is 2.23. The van der Waals surface area contributed by atoms with Gasteiger partial charge in [0.2, 0.25) is 0 Å². The van der Waals surface area contributed by atoms with Crippen LogP contribution in [0.15, 0.2) is 36.5 Å². The predicted octanol–water partition coefficient (Wildman–Crippen LogP) is 10.7. The number of esters is 2. The zero-order chi connectivity index (χ0) is 43.0. The quantitative estimate of drug-likeness (QED) is 0.0267. The summed E-state index contributed by atoms with van der Waals surface area (Å²) < 4.78 is 22.2. The van der Waals surface area contributed by atoms with Crippen molar-refractivity contribution in [3.05, 3.63) is 36.5 Å². The molecule has 1 fully saturated rings. The highest BCUT2D eigenvalue weighted by atomic mass is 16.7. The van der Waals surface area contributed by atoms with Crippen molar-refractivity contribution in [2.75, 3.05) is 19.8 Å². The number of carbonyl (C=O) groups excluding carboxylic acids is 2. The van der Waals surface area contributed by atoms with Gasteiger partial charge in [0.15, 0.2) is 12.4 Å². The fourth-order valence-corrected chi connectivity index (χ4v) is 7.15. The van der Waals surface area contributed by atoms with Crippen LogP contribution in [0, 0.1) is 0 Å². The van der Waals surface area contributed by atoms with Crippen molar-refractivity contribution in [1.82, 2.24) is 0 Å². The Morgan fingerprint density at radius 3 is 1.46 bits per heavy atom. The summed E-state index contributed by atoms with van der Waals surface area (Å²) >= 11 is 0. The number of hydrogen-bond donors (Lipinski definition) is 4. The van der Waals surface area contributed by atoms with Crippen LogP contribution in [0.5, 0.6) is 0 Å². The molecule has 59 heavy (non-hydrogen) atoms. The highest BCUT2D eigenvalue weighted by Gasteiger charge is 2.44. The second kappa shape index (κ2) is 40.0. The van der Waals surface area contributed by atoms with Gasteiger partial charge < -0.3 is 39.4 Å². The Bertz CT molecular complexity index is 1060. The first-order chi connectivity index (χ1) is 28.8. The number of hydrogen-bond acceptors (Lipinski definition) is 10. The molecule has 0 aromatic carbocycles. The second-order valence-electron chi connectivity index (χ2n) is 16.6. The lowest BCUT2D eigenvalue weighted by Gasteiger charge is -2.39. The number of ether oxygens (including phenoxy) is 4. The van der Waals surface area contributed by atoms with E-state index in [0.29, 0.717) is 6.42 Å². The molecule has 1 saturated heterocycles. The van der Waals surface area contributed by atoms with Gasteiger partial charge in [-0.25, -0.2) is 0 Å². The molecule has 0 spiro atoms. The first kappa shape index (κ1) is 54.9. The summed E-state index contributed by atoms with van der Waals surface area (Å²) in [6.45, 7) is 3.39. The summed E-state index contributed by atoms with van der Waals surface area (Å²) in [4.78, 5) is 25.4. The molecular formula is C49H88O10. The van der Waals surface area contributed by atoms with Gasteiger partial charge in [0.05, 0.1) is 13.2 Å². The molecule has 1 aliphatic heterocycles. The van der Waals surface area contributed by atoms with Crippen molar-refractivity contribution in [1.29, 1.82) is 0 Å². The summed E-state index contributed by atoms with van der Waals surface area (Å²) in [6, 6.07) is 0. The molecule has 0 aliphatic carbocycles. The van der Waals surface area contributed by atoms with Crippen LogP contribution in [0.3, 0.4) is 0 Å². The monoisotopic (exact) mass is 837 g/mol. The van der Waals surface area contributed by atoms with Gasteiger partial charge in [-0.3, -0.25) is 9.59 Å². The molecule has 10 heteroatoms. The van der Waals surface area contributed by atoms with E-state index >= 15 is 0 Å². The Labute approximate surface area is 359 Å². The third kappa shape index (κ3) is 31.4. The van der Waals surface area contributed by atoms with Crippen molar-refractivity contribution < 1.29 is 49.0 Å². The topological polar surface area (TPSA) is 152 Å². The lowest BCUT2D eigenvalue weighted by Crippen LogP contribution is -2.59. The molecule has 0 amide bonds. The average Bonchev–Trinajstić information content (AvgIpc) is 3.23. The van der Waals surface area contributed by atoms with Crippen LogP contribution in [0.4, 0.5) is 0 Å². The third-order valence-corrected chi connectivity index (χ3v) is 11.0. The Hall–Kier alpha value is -2.08. The van der Waals surface area contributed by atoms with E-state index in [2.05, 4.69) is 50.3 Å². The molecule has 10 nitrogen and oxygen atoms in total. The van der Waals surface area contributed by atoms with Gasteiger partial charge in [-0.2, -0.15) is 0 Å². The number of carbonyl (C=O) groups is 2. The van der Waals surface area contributed by atoms with E-state index in [4.69, 9.17) is 18.9 Å². The first-order valence-electron chi connectivity index (χ1n) is 24.1. The summed E-state index contributed by atoms with van der Waals surface area (Å²) in [5.41, 5.74) is 0. The maximum absolute atomic E-state index is 12.8. The normalized spacial score (nSPS) is 20.3. The summed E-state index contributed by atoms with van der Waals surface area (Å²) in [6.07, 6.45) is 38.6. The fraction of sp³-hybridized carbons (Fsp3) is 0.837. The summed E-state index contributed by atoms with van der Waals surface area (Å²) in [5, 5.41) is 40.1. The summed E-state index contributed by atoms with van der Waals surface area (Å²) in [5.74, 6) is -0.816. The van der Waals surface area contributed by atoms with Gasteiger partial charge >= 0.3 is 11.9 Å². The van der Waals surface area contributed by atoms with Crippen LogP contribution in [0.2, 0.25) is 0 Å². The van der Waals surface area contributed by atoms with Gasteiger partial charge in [-0.15, -0.1) is 0 Å². The van der Waals surface area contributed by atoms with Crippen LogP contribution in [-0.4, -0.2) is 89.0 Å². The number of aliphatic hydroxyl groups is 4. The maximum atomic E-state index is 12.8. The minimum absolute atomic E-state index is 0.221. The molecule has 2 unspecified atom stereocenters. The van der Waals surface area contributed by atoms with E-state index in [1.54, 1.807) is 0 Å². The smallest absolute Gasteiger partial charge is 0.306 e. The lowest BCUT2D eigenvalue weighted by molar-refractivity contribution is -0.305. The van der Waals surface area contributed by atoms with Crippen molar-refractivity contribution in [3.63, 3.8) is 0 Å². The summed E-state index contributed by atoms with van der Waals surface area (Å²) in [7, 11) is 0. The molecule has 0 bridgehead atoms. The molecule has 1 aliphatic rings. The zero-order valence-electron chi connectivity index (χ0n) is 37.5. The number of unbranched alkanes of at least 4 members (excludes halogenated alkanes) is 23. The number of allylic oxidation sites excluding steroid dienone is 6. The van der Waals surface area contributed by atoms with Crippen molar-refractivity contribution >= 4 is 11.9 Å². The molecule has 344 valence electrons. The van der Waals surface area contributed by atoms with Gasteiger partial charge in [0, 0.05) is 12.8 Å². The number of rotatable bonds is 40. The Kier molecular flexibility index (Phi) is 37.3. The van der Waals surface area contributed by atoms with Crippen LogP contribution in [0.25, 0.3) is 0 Å². The lowest BCUT2D eigenvalue weighted by atomic mass is 9.99. The van der Waals surface area contributed by atoms with Gasteiger partial charge in [0.1, 0.15) is 31.0 Å². The van der Waals surface area contributed by atoms with E-state index in [1.165, 1.54) is 109 Å². The Morgan fingerprint density at radius 2 is 0.949 bits per heavy atom. The van der Waals surface area contributed by atoms with Gasteiger partial charge in [-0.05, 0) is 70.6 Å². The zero-order valence-corrected chi connectivity index (χ0v) is 37.5. The van der Waals surface area contributed by atoms with E-state index < -0.39 is 49.4 Å². The van der Waals surface area contributed by atoms with Crippen LogP contribution >= 0.6 is 0 Å². The molecule has 0 aromatic rings. The molecule has 0 saturated carbocycles. The average molecular weight is 837 g/mol. The molecule has 0 radical (unpaired) electrons. The Morgan fingerprint density at radius 1 is 0.525 bits per heavy atom. The molecule has 1 heterocycles. The van der Waals surface area contributed by atoms with E-state index in [9.17, 15) is 30.0 Å². The molecule has 0 aromatic heterocycles. The SMILES string of the molecule is CCCCC/C=C/C/C=C/CCCCCCCCCC(=O)O[C@@H](COC(=O)CCCCCCCCC/C=C/CCCCCCCC)CO[C@H]1O[C@@H](CO)[C@@H](O)C(O)C1O. The van der Waals surface area contributed by atoms with Crippen molar-refractivity contribution in [2.24, 2.45) is 0 Å². The van der Waals surface area contributed by atoms with E-state index in [0.717, 1.165) is 64.2 Å². The van der Waals surface area contributed by atoms with E-state index in [1.807, 2.05) is 0 Å². The standard InChI is InChI=1S/C49H88O10/c1-3-5-7-9-11-13-15-17-19-21-23-25-27-29-31-33-35-37-44(51)56-40-42(41-57-49-48(55)47(54)46(53)43(39-50)59-49)58-45(52)38-36-34-32-30-28-26-24-22-20-18-16-14-12-10-8-6-4-2/h12,14,17-20,42-43,46-50,53-55H,3-11,13,15-16,21-41H2,1-2H3/b14-12+,19-17+,20-18+/t42-,43-,46+,47?,48?,49-/m0/s1. The molecular weight excluding hydrogens is 749 g/mol. The van der Waals surface area contributed by atoms with Crippen LogP contribution < -0.4 is 0 Å². The molecule has 1 rings (SSSR count). The first-order valence-corrected chi connectivity index (χ1v) is 24.1. The van der Waals surface area contributed by atoms with Crippen molar-refractivity contribution in [3.8, 4) is 0 Å². The largest absolute Gasteiger partial charge is 0.462 e. The highest BCUT2D eigenvalue weighted by molar-refractivity contribution is 5.70. The van der Waals surface area contributed by atoms with Crippen molar-refractivity contribution in [2.45, 2.75) is 243 Å². The molecule has 4 N–H and O–H groups in total. The fourth-order valence-electron chi connectivity index (χ4n) is 7.15.